The SMILES string of the molecule is CC(C)C[C@H]1OC(=O)CC1=O. The average Bonchev–Trinajstić information content (AvgIpc) is 2.09. The first kappa shape index (κ1) is 8.24. The maximum Gasteiger partial charge on any atom is 0.314 e. The number of ether oxygens (including phenoxy) is 1. The summed E-state index contributed by atoms with van der Waals surface area (Å²) in [7, 11) is 0. The van der Waals surface area contributed by atoms with Gasteiger partial charge in [0, 0.05) is 0 Å². The molecule has 11 heavy (non-hydrogen) atoms. The van der Waals surface area contributed by atoms with E-state index < -0.39 is 6.10 Å². The molecule has 0 amide bonds. The third-order valence-corrected chi connectivity index (χ3v) is 1.64. The molecule has 62 valence electrons. The molecular weight excluding hydrogens is 144 g/mol. The Hall–Kier alpha value is -0.860. The standard InChI is InChI=1S/C8H12O3/c1-5(2)3-7-6(9)4-8(10)11-7/h5,7H,3-4H2,1-2H3/t7-/m1/s1. The van der Waals surface area contributed by atoms with Gasteiger partial charge in [-0.2, -0.15) is 0 Å². The smallest absolute Gasteiger partial charge is 0.314 e. The second-order valence-corrected chi connectivity index (χ2v) is 3.25. The Balaban J connectivity index is 2.47. The second kappa shape index (κ2) is 3.03. The topological polar surface area (TPSA) is 43.4 Å². The van der Waals surface area contributed by atoms with Gasteiger partial charge in [0.1, 0.15) is 6.42 Å². The average molecular weight is 156 g/mol. The van der Waals surface area contributed by atoms with Crippen LogP contribution in [0.5, 0.6) is 0 Å². The van der Waals surface area contributed by atoms with E-state index in [0.717, 1.165) is 0 Å². The molecule has 1 atom stereocenters. The molecule has 1 fully saturated rings. The van der Waals surface area contributed by atoms with Crippen LogP contribution >= 0.6 is 0 Å². The van der Waals surface area contributed by atoms with Gasteiger partial charge in [0.25, 0.3) is 0 Å². The van der Waals surface area contributed by atoms with E-state index >= 15 is 0 Å². The van der Waals surface area contributed by atoms with Crippen LogP contribution in [0.25, 0.3) is 0 Å². The van der Waals surface area contributed by atoms with Crippen LogP contribution in [0.1, 0.15) is 26.7 Å². The molecule has 1 heterocycles. The Labute approximate surface area is 65.7 Å². The molecule has 0 N–H and O–H groups in total. The van der Waals surface area contributed by atoms with Crippen molar-refractivity contribution in [2.75, 3.05) is 0 Å². The van der Waals surface area contributed by atoms with Gasteiger partial charge in [-0.25, -0.2) is 0 Å². The molecule has 0 aromatic carbocycles. The van der Waals surface area contributed by atoms with E-state index in [0.29, 0.717) is 12.3 Å². The molecule has 0 bridgehead atoms. The molecule has 3 nitrogen and oxygen atoms in total. The molecule has 0 aliphatic carbocycles. The van der Waals surface area contributed by atoms with E-state index in [2.05, 4.69) is 0 Å². The van der Waals surface area contributed by atoms with Gasteiger partial charge >= 0.3 is 5.97 Å². The Morgan fingerprint density at radius 1 is 1.55 bits per heavy atom. The van der Waals surface area contributed by atoms with Gasteiger partial charge < -0.3 is 4.74 Å². The Morgan fingerprint density at radius 3 is 2.55 bits per heavy atom. The number of cyclic esters (lactones) is 1. The number of Topliss-reactive ketones (excluding diaryl/α,β-unsaturated/α-hetero) is 1. The fourth-order valence-corrected chi connectivity index (χ4v) is 1.13. The van der Waals surface area contributed by atoms with Crippen LogP contribution in [0.4, 0.5) is 0 Å². The quantitative estimate of drug-likeness (QED) is 0.441. The molecule has 0 radical (unpaired) electrons. The first-order valence-corrected chi connectivity index (χ1v) is 3.82. The van der Waals surface area contributed by atoms with Gasteiger partial charge in [-0.05, 0) is 12.3 Å². The Bertz CT molecular complexity index is 184. The summed E-state index contributed by atoms with van der Waals surface area (Å²) in [6, 6.07) is 0. The molecular formula is C8H12O3. The lowest BCUT2D eigenvalue weighted by Crippen LogP contribution is -2.17. The number of ketones is 1. The van der Waals surface area contributed by atoms with E-state index in [9.17, 15) is 9.59 Å². The fraction of sp³-hybridized carbons (Fsp3) is 0.750. The third kappa shape index (κ3) is 2.03. The maximum absolute atomic E-state index is 11.0. The summed E-state index contributed by atoms with van der Waals surface area (Å²) in [5.41, 5.74) is 0. The lowest BCUT2D eigenvalue weighted by atomic mass is 10.0. The highest BCUT2D eigenvalue weighted by Gasteiger charge is 2.32. The van der Waals surface area contributed by atoms with Crippen molar-refractivity contribution in [2.24, 2.45) is 5.92 Å². The highest BCUT2D eigenvalue weighted by atomic mass is 16.6. The normalized spacial score (nSPS) is 24.5. The maximum atomic E-state index is 11.0. The molecule has 0 aromatic rings. The van der Waals surface area contributed by atoms with Crippen molar-refractivity contribution < 1.29 is 14.3 Å². The predicted molar refractivity (Wildman–Crippen MR) is 39.0 cm³/mol. The molecule has 1 aliphatic rings. The van der Waals surface area contributed by atoms with Crippen molar-refractivity contribution in [2.45, 2.75) is 32.8 Å². The van der Waals surface area contributed by atoms with E-state index in [1.165, 1.54) is 0 Å². The molecule has 0 unspecified atom stereocenters. The number of carbonyl (C=O) groups excluding carboxylic acids is 2. The molecule has 0 aromatic heterocycles. The van der Waals surface area contributed by atoms with Crippen LogP contribution < -0.4 is 0 Å². The largest absolute Gasteiger partial charge is 0.454 e. The highest BCUT2D eigenvalue weighted by Crippen LogP contribution is 2.17. The Morgan fingerprint density at radius 2 is 2.18 bits per heavy atom. The molecule has 0 spiro atoms. The molecule has 1 aliphatic heterocycles. The van der Waals surface area contributed by atoms with E-state index in [-0.39, 0.29) is 18.2 Å². The zero-order valence-electron chi connectivity index (χ0n) is 6.79. The number of esters is 1. The second-order valence-electron chi connectivity index (χ2n) is 3.25. The number of hydrogen-bond acceptors (Lipinski definition) is 3. The minimum Gasteiger partial charge on any atom is -0.454 e. The summed E-state index contributed by atoms with van der Waals surface area (Å²) >= 11 is 0. The summed E-state index contributed by atoms with van der Waals surface area (Å²) in [6.45, 7) is 4.00. The summed E-state index contributed by atoms with van der Waals surface area (Å²) in [5, 5.41) is 0. The Kier molecular flexibility index (Phi) is 2.27. The van der Waals surface area contributed by atoms with E-state index in [4.69, 9.17) is 4.74 Å². The van der Waals surface area contributed by atoms with E-state index in [1.807, 2.05) is 13.8 Å². The van der Waals surface area contributed by atoms with Crippen LogP contribution in [0.3, 0.4) is 0 Å². The van der Waals surface area contributed by atoms with Crippen molar-refractivity contribution in [1.29, 1.82) is 0 Å². The van der Waals surface area contributed by atoms with Crippen molar-refractivity contribution in [3.63, 3.8) is 0 Å². The number of rotatable bonds is 2. The van der Waals surface area contributed by atoms with Crippen molar-refractivity contribution >= 4 is 11.8 Å². The number of hydrogen-bond donors (Lipinski definition) is 0. The summed E-state index contributed by atoms with van der Waals surface area (Å²) in [5.74, 6) is -0.0424. The first-order chi connectivity index (χ1) is 5.09. The van der Waals surface area contributed by atoms with Crippen LogP contribution in [-0.4, -0.2) is 17.9 Å². The van der Waals surface area contributed by atoms with Gasteiger partial charge in [0.15, 0.2) is 11.9 Å². The zero-order valence-corrected chi connectivity index (χ0v) is 6.79. The summed E-state index contributed by atoms with van der Waals surface area (Å²) in [6.07, 6.45) is 0.171. The monoisotopic (exact) mass is 156 g/mol. The van der Waals surface area contributed by atoms with Gasteiger partial charge in [-0.1, -0.05) is 13.8 Å². The van der Waals surface area contributed by atoms with Crippen LogP contribution in [0.2, 0.25) is 0 Å². The predicted octanol–water partition coefficient (Wildman–Crippen LogP) is 0.917. The lowest BCUT2D eigenvalue weighted by Gasteiger charge is -2.09. The lowest BCUT2D eigenvalue weighted by molar-refractivity contribution is -0.142. The molecule has 3 heteroatoms. The fourth-order valence-electron chi connectivity index (χ4n) is 1.13. The van der Waals surface area contributed by atoms with Crippen molar-refractivity contribution in [3.05, 3.63) is 0 Å². The first-order valence-electron chi connectivity index (χ1n) is 3.82. The summed E-state index contributed by atoms with van der Waals surface area (Å²) in [4.78, 5) is 21.6. The highest BCUT2D eigenvalue weighted by molar-refractivity contribution is 6.03. The van der Waals surface area contributed by atoms with Crippen LogP contribution in [0.15, 0.2) is 0 Å². The van der Waals surface area contributed by atoms with Crippen molar-refractivity contribution in [1.82, 2.24) is 0 Å². The zero-order chi connectivity index (χ0) is 8.43. The molecule has 1 rings (SSSR count). The van der Waals surface area contributed by atoms with Gasteiger partial charge in [-0.3, -0.25) is 9.59 Å². The van der Waals surface area contributed by atoms with Crippen LogP contribution in [0, 0.1) is 5.92 Å². The third-order valence-electron chi connectivity index (χ3n) is 1.64. The molecule has 0 saturated carbocycles. The van der Waals surface area contributed by atoms with Gasteiger partial charge in [0.05, 0.1) is 0 Å². The minimum atomic E-state index is -0.456. The van der Waals surface area contributed by atoms with Gasteiger partial charge in [0.2, 0.25) is 0 Å². The van der Waals surface area contributed by atoms with E-state index in [1.54, 1.807) is 0 Å². The number of carbonyl (C=O) groups is 2. The summed E-state index contributed by atoms with van der Waals surface area (Å²) < 4.78 is 4.80. The van der Waals surface area contributed by atoms with Crippen molar-refractivity contribution in [3.8, 4) is 0 Å². The molecule has 1 saturated heterocycles. The van der Waals surface area contributed by atoms with Gasteiger partial charge in [-0.15, -0.1) is 0 Å². The minimum absolute atomic E-state index is 0.0304. The van der Waals surface area contributed by atoms with Crippen LogP contribution in [-0.2, 0) is 14.3 Å².